The average molecular weight is 465 g/mol. The first-order valence-corrected chi connectivity index (χ1v) is 8.46. The number of hydrogen-bond acceptors (Lipinski definition) is 4. The van der Waals surface area contributed by atoms with Crippen LogP contribution in [-0.4, -0.2) is 22.6 Å². The van der Waals surface area contributed by atoms with Crippen LogP contribution < -0.4 is 15.8 Å². The number of hydrogen-bond donors (Lipinski definition) is 2. The molecule has 3 N–H and O–H groups in total. The van der Waals surface area contributed by atoms with Crippen LogP contribution in [0.5, 0.6) is 5.75 Å². The first-order valence-electron chi connectivity index (χ1n) is 8.46. The Labute approximate surface area is 183 Å². The molecule has 0 aliphatic carbocycles. The summed E-state index contributed by atoms with van der Waals surface area (Å²) in [6.07, 6.45) is -4.59. The smallest absolute Gasteiger partial charge is 0.449 e. The summed E-state index contributed by atoms with van der Waals surface area (Å²) in [5.41, 5.74) is 7.20. The van der Waals surface area contributed by atoms with Crippen molar-refractivity contribution in [2.45, 2.75) is 26.1 Å². The van der Waals surface area contributed by atoms with E-state index in [4.69, 9.17) is 10.5 Å². The van der Waals surface area contributed by atoms with Crippen molar-refractivity contribution in [2.24, 2.45) is 0 Å². The number of benzene rings is 2. The lowest BCUT2D eigenvalue weighted by Crippen LogP contribution is -2.16. The van der Waals surface area contributed by atoms with E-state index < -0.39 is 23.9 Å². The number of halogens is 5. The van der Waals surface area contributed by atoms with Crippen LogP contribution in [0.3, 0.4) is 0 Å². The number of fused-ring (bicyclic) bond motifs is 1. The lowest BCUT2D eigenvalue weighted by Gasteiger charge is -2.14. The molecule has 0 unspecified atom stereocenters. The molecular weight excluding hydrogens is 444 g/mol. The van der Waals surface area contributed by atoms with Gasteiger partial charge in [-0.3, -0.25) is 4.79 Å². The zero-order valence-electron chi connectivity index (χ0n) is 16.3. The Morgan fingerprint density at radius 1 is 1.17 bits per heavy atom. The van der Waals surface area contributed by atoms with Crippen molar-refractivity contribution in [1.82, 2.24) is 9.55 Å². The number of amides is 1. The number of nitrogens with zero attached hydrogens (tertiary/aromatic N) is 2. The van der Waals surface area contributed by atoms with E-state index in [1.165, 1.54) is 31.4 Å². The number of anilines is 2. The Morgan fingerprint density at radius 2 is 1.83 bits per heavy atom. The molecule has 3 rings (SSSR count). The molecule has 0 bridgehead atoms. The fourth-order valence-corrected chi connectivity index (χ4v) is 2.98. The van der Waals surface area contributed by atoms with E-state index in [1.807, 2.05) is 0 Å². The van der Waals surface area contributed by atoms with Crippen molar-refractivity contribution in [2.75, 3.05) is 18.2 Å². The van der Waals surface area contributed by atoms with Gasteiger partial charge in [0.15, 0.2) is 0 Å². The van der Waals surface area contributed by atoms with E-state index in [0.29, 0.717) is 22.6 Å². The van der Waals surface area contributed by atoms with Gasteiger partial charge in [-0.1, -0.05) is 0 Å². The number of nitrogens with one attached hydrogen (secondary N) is 1. The van der Waals surface area contributed by atoms with E-state index in [0.717, 1.165) is 4.57 Å². The molecule has 0 spiro atoms. The summed E-state index contributed by atoms with van der Waals surface area (Å²) < 4.78 is 46.1. The molecule has 1 aromatic heterocycles. The highest BCUT2D eigenvalue weighted by atomic mass is 35.5. The summed E-state index contributed by atoms with van der Waals surface area (Å²) >= 11 is 0. The summed E-state index contributed by atoms with van der Waals surface area (Å²) in [6.45, 7) is 3.29. The summed E-state index contributed by atoms with van der Waals surface area (Å²) in [5, 5.41) is 2.66. The third-order valence-electron chi connectivity index (χ3n) is 4.21. The molecule has 1 amide bonds. The highest BCUT2D eigenvalue weighted by Gasteiger charge is 2.38. The van der Waals surface area contributed by atoms with Crippen LogP contribution in [0.1, 0.15) is 36.1 Å². The fraction of sp³-hybridized carbons (Fsp3) is 0.263. The van der Waals surface area contributed by atoms with Crippen LogP contribution in [0.25, 0.3) is 11.0 Å². The second kappa shape index (κ2) is 9.44. The SMILES string of the molecule is COc1ccc(NC(=O)c2ccc3c(c2)nc(C(F)(F)F)n3C(C)C)cc1N.Cl.Cl. The Balaban J connectivity index is 0.00000225. The third kappa shape index (κ3) is 4.91. The largest absolute Gasteiger partial charge is 0.495 e. The third-order valence-corrected chi connectivity index (χ3v) is 4.21. The summed E-state index contributed by atoms with van der Waals surface area (Å²) in [7, 11) is 1.48. The quantitative estimate of drug-likeness (QED) is 0.511. The Hall–Kier alpha value is -2.65. The number of nitrogen functional groups attached to an aromatic ring is 1. The Bertz CT molecular complexity index is 1050. The Kier molecular flexibility index (Phi) is 7.99. The zero-order valence-corrected chi connectivity index (χ0v) is 17.9. The fourth-order valence-electron chi connectivity index (χ4n) is 2.98. The molecular formula is C19H21Cl2F3N4O2. The van der Waals surface area contributed by atoms with Gasteiger partial charge < -0.3 is 20.4 Å². The topological polar surface area (TPSA) is 82.2 Å². The van der Waals surface area contributed by atoms with Crippen molar-refractivity contribution in [3.05, 3.63) is 47.8 Å². The first-order chi connectivity index (χ1) is 13.1. The van der Waals surface area contributed by atoms with Gasteiger partial charge in [-0.15, -0.1) is 24.8 Å². The zero-order chi connectivity index (χ0) is 20.6. The summed E-state index contributed by atoms with van der Waals surface area (Å²) in [4.78, 5) is 16.2. The van der Waals surface area contributed by atoms with E-state index in [9.17, 15) is 18.0 Å². The van der Waals surface area contributed by atoms with Crippen LogP contribution in [0, 0.1) is 0 Å². The average Bonchev–Trinajstić information content (AvgIpc) is 3.01. The molecule has 0 saturated carbocycles. The molecule has 0 aliphatic heterocycles. The monoisotopic (exact) mass is 464 g/mol. The van der Waals surface area contributed by atoms with Gasteiger partial charge in [0.1, 0.15) is 5.75 Å². The highest BCUT2D eigenvalue weighted by molar-refractivity contribution is 6.06. The van der Waals surface area contributed by atoms with Crippen molar-refractivity contribution in [3.8, 4) is 5.75 Å². The van der Waals surface area contributed by atoms with Gasteiger partial charge in [0.05, 0.1) is 23.8 Å². The molecule has 0 radical (unpaired) electrons. The summed E-state index contributed by atoms with van der Waals surface area (Å²) in [6, 6.07) is 8.58. The molecule has 3 aromatic rings. The van der Waals surface area contributed by atoms with Crippen LogP contribution in [0.4, 0.5) is 24.5 Å². The normalized spacial score (nSPS) is 11.0. The molecule has 11 heteroatoms. The van der Waals surface area contributed by atoms with Gasteiger partial charge in [0.2, 0.25) is 5.82 Å². The lowest BCUT2D eigenvalue weighted by atomic mass is 10.1. The minimum absolute atomic E-state index is 0. The number of methoxy groups -OCH3 is 1. The van der Waals surface area contributed by atoms with Gasteiger partial charge in [-0.05, 0) is 50.2 Å². The van der Waals surface area contributed by atoms with Gasteiger partial charge in [0, 0.05) is 17.3 Å². The standard InChI is InChI=1S/C19H19F3N4O2.2ClH/c1-10(2)26-15-6-4-11(8-14(15)25-18(26)19(20,21)22)17(27)24-12-5-7-16(28-3)13(23)9-12;;/h4-10H,23H2,1-3H3,(H,24,27);2*1H. The van der Waals surface area contributed by atoms with E-state index in [1.54, 1.807) is 26.0 Å². The highest BCUT2D eigenvalue weighted by Crippen LogP contribution is 2.34. The van der Waals surface area contributed by atoms with Gasteiger partial charge in [-0.2, -0.15) is 13.2 Å². The number of carbonyl (C=O) groups is 1. The lowest BCUT2D eigenvalue weighted by molar-refractivity contribution is -0.147. The van der Waals surface area contributed by atoms with E-state index >= 15 is 0 Å². The number of rotatable bonds is 4. The van der Waals surface area contributed by atoms with E-state index in [2.05, 4.69) is 10.3 Å². The number of imidazole rings is 1. The second-order valence-corrected chi connectivity index (χ2v) is 6.51. The van der Waals surface area contributed by atoms with Crippen molar-refractivity contribution >= 4 is 53.1 Å². The maximum atomic E-state index is 13.3. The molecule has 6 nitrogen and oxygen atoms in total. The molecule has 0 aliphatic rings. The van der Waals surface area contributed by atoms with Crippen LogP contribution in [0.15, 0.2) is 36.4 Å². The summed E-state index contributed by atoms with van der Waals surface area (Å²) in [5.74, 6) is -1.00. The van der Waals surface area contributed by atoms with Crippen molar-refractivity contribution in [1.29, 1.82) is 0 Å². The number of alkyl halides is 3. The van der Waals surface area contributed by atoms with E-state index in [-0.39, 0.29) is 35.9 Å². The number of nitrogens with two attached hydrogens (primary N) is 1. The number of carbonyl (C=O) groups excluding carboxylic acids is 1. The Morgan fingerprint density at radius 3 is 2.37 bits per heavy atom. The van der Waals surface area contributed by atoms with Crippen LogP contribution >= 0.6 is 24.8 Å². The minimum Gasteiger partial charge on any atom is -0.495 e. The van der Waals surface area contributed by atoms with Crippen LogP contribution in [0.2, 0.25) is 0 Å². The van der Waals surface area contributed by atoms with Crippen molar-refractivity contribution in [3.63, 3.8) is 0 Å². The molecule has 0 fully saturated rings. The first kappa shape index (κ1) is 25.4. The van der Waals surface area contributed by atoms with Crippen molar-refractivity contribution < 1.29 is 22.7 Å². The maximum absolute atomic E-state index is 13.3. The minimum atomic E-state index is -4.59. The predicted molar refractivity (Wildman–Crippen MR) is 115 cm³/mol. The molecule has 0 atom stereocenters. The second-order valence-electron chi connectivity index (χ2n) is 6.51. The molecule has 30 heavy (non-hydrogen) atoms. The van der Waals surface area contributed by atoms with Gasteiger partial charge >= 0.3 is 6.18 Å². The van der Waals surface area contributed by atoms with Crippen LogP contribution in [-0.2, 0) is 6.18 Å². The van der Waals surface area contributed by atoms with Gasteiger partial charge in [0.25, 0.3) is 5.91 Å². The molecule has 1 heterocycles. The number of ether oxygens (including phenoxy) is 1. The molecule has 164 valence electrons. The molecule has 2 aromatic carbocycles. The predicted octanol–water partition coefficient (Wildman–Crippen LogP) is 5.32. The number of aromatic nitrogens is 2. The van der Waals surface area contributed by atoms with Gasteiger partial charge in [-0.25, -0.2) is 4.98 Å². The molecule has 0 saturated heterocycles. The maximum Gasteiger partial charge on any atom is 0.449 e.